The summed E-state index contributed by atoms with van der Waals surface area (Å²) in [5, 5.41) is 4.42. The number of rotatable bonds is 4. The van der Waals surface area contributed by atoms with Crippen LogP contribution in [0.25, 0.3) is 10.2 Å². The molecule has 1 saturated heterocycles. The minimum Gasteiger partial charge on any atom is -0.377 e. The predicted octanol–water partition coefficient (Wildman–Crippen LogP) is 1.68. The molecule has 1 aliphatic heterocycles. The van der Waals surface area contributed by atoms with Gasteiger partial charge in [0.1, 0.15) is 17.0 Å². The Hall–Kier alpha value is -1.24. The standard InChI is InChI=1S/C14H20N4OS/c1-3-11-6-12-13(16-9-17-14(12)20-11)18-4-5-19-8-10(18)7-15-2/h6,9-10,15H,3-5,7-8H2,1-2H3. The van der Waals surface area contributed by atoms with Gasteiger partial charge in [-0.15, -0.1) is 11.3 Å². The van der Waals surface area contributed by atoms with E-state index in [0.717, 1.165) is 43.4 Å². The van der Waals surface area contributed by atoms with Crippen molar-refractivity contribution in [2.75, 3.05) is 38.3 Å². The first-order valence-electron chi connectivity index (χ1n) is 7.06. The summed E-state index contributed by atoms with van der Waals surface area (Å²) >= 11 is 1.77. The maximum absolute atomic E-state index is 5.60. The molecule has 0 saturated carbocycles. The minimum atomic E-state index is 0.330. The fourth-order valence-corrected chi connectivity index (χ4v) is 3.56. The van der Waals surface area contributed by atoms with E-state index < -0.39 is 0 Å². The summed E-state index contributed by atoms with van der Waals surface area (Å²) in [6.45, 7) is 5.47. The van der Waals surface area contributed by atoms with Crippen molar-refractivity contribution in [1.82, 2.24) is 15.3 Å². The monoisotopic (exact) mass is 292 g/mol. The Morgan fingerprint density at radius 3 is 3.20 bits per heavy atom. The van der Waals surface area contributed by atoms with Crippen LogP contribution >= 0.6 is 11.3 Å². The minimum absolute atomic E-state index is 0.330. The quantitative estimate of drug-likeness (QED) is 0.929. The molecular weight excluding hydrogens is 272 g/mol. The number of likely N-dealkylation sites (N-methyl/N-ethyl adjacent to an activating group) is 1. The number of ether oxygens (including phenoxy) is 1. The lowest BCUT2D eigenvalue weighted by Gasteiger charge is -2.36. The van der Waals surface area contributed by atoms with Crippen molar-refractivity contribution in [3.63, 3.8) is 0 Å². The highest BCUT2D eigenvalue weighted by Crippen LogP contribution is 2.31. The van der Waals surface area contributed by atoms with Crippen LogP contribution in [0.3, 0.4) is 0 Å². The summed E-state index contributed by atoms with van der Waals surface area (Å²) in [5.41, 5.74) is 0. The van der Waals surface area contributed by atoms with E-state index in [-0.39, 0.29) is 0 Å². The Balaban J connectivity index is 2.00. The van der Waals surface area contributed by atoms with E-state index in [2.05, 4.69) is 33.2 Å². The van der Waals surface area contributed by atoms with E-state index in [1.165, 1.54) is 10.3 Å². The lowest BCUT2D eigenvalue weighted by Crippen LogP contribution is -2.50. The Labute approximate surface area is 123 Å². The van der Waals surface area contributed by atoms with Gasteiger partial charge in [-0.1, -0.05) is 6.92 Å². The van der Waals surface area contributed by atoms with Crippen molar-refractivity contribution in [3.8, 4) is 0 Å². The van der Waals surface area contributed by atoms with Gasteiger partial charge in [0.05, 0.1) is 24.6 Å². The van der Waals surface area contributed by atoms with Crippen LogP contribution in [-0.4, -0.2) is 49.4 Å². The number of aryl methyl sites for hydroxylation is 1. The molecule has 1 fully saturated rings. The summed E-state index contributed by atoms with van der Waals surface area (Å²) in [6.07, 6.45) is 2.73. The molecule has 0 aromatic carbocycles. The van der Waals surface area contributed by atoms with Gasteiger partial charge in [-0.05, 0) is 19.5 Å². The lowest BCUT2D eigenvalue weighted by atomic mass is 10.2. The van der Waals surface area contributed by atoms with Crippen molar-refractivity contribution < 1.29 is 4.74 Å². The Bertz CT molecular complexity index is 584. The van der Waals surface area contributed by atoms with Gasteiger partial charge in [0, 0.05) is 18.0 Å². The van der Waals surface area contributed by atoms with E-state index in [9.17, 15) is 0 Å². The van der Waals surface area contributed by atoms with Crippen LogP contribution in [0, 0.1) is 0 Å². The molecule has 3 heterocycles. The van der Waals surface area contributed by atoms with Gasteiger partial charge in [0.2, 0.25) is 0 Å². The molecule has 108 valence electrons. The van der Waals surface area contributed by atoms with E-state index in [4.69, 9.17) is 4.74 Å². The molecule has 0 spiro atoms. The van der Waals surface area contributed by atoms with Crippen molar-refractivity contribution in [1.29, 1.82) is 0 Å². The summed E-state index contributed by atoms with van der Waals surface area (Å²) in [7, 11) is 1.97. The highest BCUT2D eigenvalue weighted by atomic mass is 32.1. The van der Waals surface area contributed by atoms with Gasteiger partial charge in [0.15, 0.2) is 0 Å². The molecular formula is C14H20N4OS. The summed E-state index contributed by atoms with van der Waals surface area (Å²) in [6, 6.07) is 2.57. The van der Waals surface area contributed by atoms with Gasteiger partial charge in [-0.2, -0.15) is 0 Å². The number of thiophene rings is 1. The van der Waals surface area contributed by atoms with Crippen LogP contribution in [0.4, 0.5) is 5.82 Å². The number of morpholine rings is 1. The molecule has 5 nitrogen and oxygen atoms in total. The number of aromatic nitrogens is 2. The SMILES string of the molecule is CCc1cc2c(N3CCOCC3CNC)ncnc2s1. The normalized spacial score (nSPS) is 19.7. The van der Waals surface area contributed by atoms with Crippen molar-refractivity contribution in [2.45, 2.75) is 19.4 Å². The smallest absolute Gasteiger partial charge is 0.141 e. The van der Waals surface area contributed by atoms with E-state index in [0.29, 0.717) is 6.04 Å². The summed E-state index contributed by atoms with van der Waals surface area (Å²) < 4.78 is 5.60. The van der Waals surface area contributed by atoms with E-state index >= 15 is 0 Å². The fraction of sp³-hybridized carbons (Fsp3) is 0.571. The molecule has 1 N–H and O–H groups in total. The average Bonchev–Trinajstić information content (AvgIpc) is 2.91. The molecule has 0 aliphatic carbocycles. The van der Waals surface area contributed by atoms with Crippen LogP contribution < -0.4 is 10.2 Å². The highest BCUT2D eigenvalue weighted by Gasteiger charge is 2.25. The van der Waals surface area contributed by atoms with Crippen molar-refractivity contribution in [3.05, 3.63) is 17.3 Å². The number of hydrogen-bond acceptors (Lipinski definition) is 6. The maximum Gasteiger partial charge on any atom is 0.141 e. The Morgan fingerprint density at radius 1 is 1.50 bits per heavy atom. The topological polar surface area (TPSA) is 50.3 Å². The molecule has 0 amide bonds. The summed E-state index contributed by atoms with van der Waals surface area (Å²) in [4.78, 5) is 13.8. The third-order valence-electron chi connectivity index (χ3n) is 3.65. The fourth-order valence-electron chi connectivity index (χ4n) is 2.63. The average molecular weight is 292 g/mol. The molecule has 0 bridgehead atoms. The predicted molar refractivity (Wildman–Crippen MR) is 82.7 cm³/mol. The zero-order chi connectivity index (χ0) is 13.9. The molecule has 3 rings (SSSR count). The second kappa shape index (κ2) is 6.03. The van der Waals surface area contributed by atoms with Gasteiger partial charge in [-0.25, -0.2) is 9.97 Å². The molecule has 0 radical (unpaired) electrons. The van der Waals surface area contributed by atoms with Crippen molar-refractivity contribution in [2.24, 2.45) is 0 Å². The number of fused-ring (bicyclic) bond motifs is 1. The first-order chi connectivity index (χ1) is 9.83. The van der Waals surface area contributed by atoms with Gasteiger partial charge >= 0.3 is 0 Å². The third-order valence-corrected chi connectivity index (χ3v) is 4.83. The Kier molecular flexibility index (Phi) is 4.14. The molecule has 2 aromatic rings. The van der Waals surface area contributed by atoms with Crippen LogP contribution in [-0.2, 0) is 11.2 Å². The molecule has 20 heavy (non-hydrogen) atoms. The van der Waals surface area contributed by atoms with Gasteiger partial charge < -0.3 is 15.0 Å². The molecule has 6 heteroatoms. The molecule has 2 aromatic heterocycles. The number of hydrogen-bond donors (Lipinski definition) is 1. The zero-order valence-corrected chi connectivity index (χ0v) is 12.7. The van der Waals surface area contributed by atoms with E-state index in [1.807, 2.05) is 7.05 Å². The first-order valence-corrected chi connectivity index (χ1v) is 7.87. The largest absolute Gasteiger partial charge is 0.377 e. The lowest BCUT2D eigenvalue weighted by molar-refractivity contribution is 0.0941. The molecule has 1 atom stereocenters. The van der Waals surface area contributed by atoms with Crippen molar-refractivity contribution >= 4 is 27.4 Å². The second-order valence-electron chi connectivity index (χ2n) is 4.96. The van der Waals surface area contributed by atoms with Crippen LogP contribution in [0.5, 0.6) is 0 Å². The molecule has 1 unspecified atom stereocenters. The second-order valence-corrected chi connectivity index (χ2v) is 6.08. The zero-order valence-electron chi connectivity index (χ0n) is 11.9. The highest BCUT2D eigenvalue weighted by molar-refractivity contribution is 7.18. The number of nitrogens with one attached hydrogen (secondary N) is 1. The molecule has 1 aliphatic rings. The first kappa shape index (κ1) is 13.7. The van der Waals surface area contributed by atoms with Gasteiger partial charge in [0.25, 0.3) is 0 Å². The third kappa shape index (κ3) is 2.51. The van der Waals surface area contributed by atoms with Crippen LogP contribution in [0.15, 0.2) is 12.4 Å². The van der Waals surface area contributed by atoms with Crippen LogP contribution in [0.2, 0.25) is 0 Å². The Morgan fingerprint density at radius 2 is 2.40 bits per heavy atom. The van der Waals surface area contributed by atoms with Crippen LogP contribution in [0.1, 0.15) is 11.8 Å². The number of nitrogens with zero attached hydrogens (tertiary/aromatic N) is 3. The van der Waals surface area contributed by atoms with E-state index in [1.54, 1.807) is 17.7 Å². The van der Waals surface area contributed by atoms with Gasteiger partial charge in [-0.3, -0.25) is 0 Å². The maximum atomic E-state index is 5.60. The number of anilines is 1. The summed E-state index contributed by atoms with van der Waals surface area (Å²) in [5.74, 6) is 1.05.